The molecule has 0 saturated carbocycles. The van der Waals surface area contributed by atoms with Gasteiger partial charge < -0.3 is 10.2 Å². The molecule has 2 N–H and O–H groups in total. The van der Waals surface area contributed by atoms with Crippen molar-refractivity contribution in [3.63, 3.8) is 0 Å². The molecule has 3 heterocycles. The molecular weight excluding hydrogens is 266 g/mol. The SMILES string of the molecule is NC(=S)N1N=C(c2cccs2)C[C@@H]1c1ccco1. The van der Waals surface area contributed by atoms with Crippen LogP contribution in [0.5, 0.6) is 0 Å². The third-order valence-corrected chi connectivity index (χ3v) is 3.92. The Morgan fingerprint density at radius 2 is 2.39 bits per heavy atom. The van der Waals surface area contributed by atoms with E-state index in [1.165, 1.54) is 0 Å². The van der Waals surface area contributed by atoms with Gasteiger partial charge in [0.25, 0.3) is 0 Å². The first-order chi connectivity index (χ1) is 8.75. The smallest absolute Gasteiger partial charge is 0.187 e. The standard InChI is InChI=1S/C12H11N3OS2/c13-12(17)15-9(10-3-1-5-16-10)7-8(14-15)11-4-2-6-18-11/h1-6,9H,7H2,(H2,13,17)/t9-/m1/s1. The minimum Gasteiger partial charge on any atom is -0.467 e. The number of rotatable bonds is 2. The number of thiophene rings is 1. The number of thiocarbonyl (C=S) groups is 1. The molecule has 4 nitrogen and oxygen atoms in total. The number of nitrogens with zero attached hydrogens (tertiary/aromatic N) is 2. The maximum absolute atomic E-state index is 5.72. The lowest BCUT2D eigenvalue weighted by atomic mass is 10.1. The van der Waals surface area contributed by atoms with Crippen LogP contribution in [0.1, 0.15) is 23.1 Å². The van der Waals surface area contributed by atoms with E-state index in [9.17, 15) is 0 Å². The van der Waals surface area contributed by atoms with E-state index >= 15 is 0 Å². The molecule has 1 aliphatic heterocycles. The molecule has 0 saturated heterocycles. The van der Waals surface area contributed by atoms with Crippen LogP contribution in [0.25, 0.3) is 0 Å². The molecule has 0 radical (unpaired) electrons. The fourth-order valence-corrected chi connectivity index (χ4v) is 2.90. The Morgan fingerprint density at radius 1 is 1.50 bits per heavy atom. The number of hydrazone groups is 1. The molecular formula is C12H11N3OS2. The van der Waals surface area contributed by atoms with Crippen molar-refractivity contribution in [2.75, 3.05) is 0 Å². The van der Waals surface area contributed by atoms with Gasteiger partial charge in [-0.1, -0.05) is 6.07 Å². The normalized spacial score (nSPS) is 19.0. The quantitative estimate of drug-likeness (QED) is 0.858. The van der Waals surface area contributed by atoms with Crippen LogP contribution >= 0.6 is 23.6 Å². The summed E-state index contributed by atoms with van der Waals surface area (Å²) in [6.45, 7) is 0. The Bertz CT molecular complexity index is 575. The van der Waals surface area contributed by atoms with Crippen LogP contribution in [-0.2, 0) is 0 Å². The minimum absolute atomic E-state index is 0.0328. The molecule has 0 aliphatic carbocycles. The van der Waals surface area contributed by atoms with Gasteiger partial charge >= 0.3 is 0 Å². The van der Waals surface area contributed by atoms with Gasteiger partial charge in [0.2, 0.25) is 0 Å². The highest BCUT2D eigenvalue weighted by atomic mass is 32.1. The second-order valence-corrected chi connectivity index (χ2v) is 5.31. The lowest BCUT2D eigenvalue weighted by Crippen LogP contribution is -2.31. The van der Waals surface area contributed by atoms with E-state index in [1.54, 1.807) is 22.6 Å². The molecule has 0 spiro atoms. The summed E-state index contributed by atoms with van der Waals surface area (Å²) < 4.78 is 5.44. The van der Waals surface area contributed by atoms with Gasteiger partial charge in [0, 0.05) is 6.42 Å². The highest BCUT2D eigenvalue weighted by Gasteiger charge is 2.32. The average molecular weight is 277 g/mol. The lowest BCUT2D eigenvalue weighted by molar-refractivity contribution is 0.316. The molecule has 92 valence electrons. The fraction of sp³-hybridized carbons (Fsp3) is 0.167. The fourth-order valence-electron chi connectivity index (χ4n) is 2.01. The van der Waals surface area contributed by atoms with Crippen LogP contribution in [0.2, 0.25) is 0 Å². The Kier molecular flexibility index (Phi) is 2.89. The first-order valence-corrected chi connectivity index (χ1v) is 6.78. The maximum atomic E-state index is 5.72. The first kappa shape index (κ1) is 11.4. The Balaban J connectivity index is 1.93. The van der Waals surface area contributed by atoms with E-state index in [0.29, 0.717) is 0 Å². The summed E-state index contributed by atoms with van der Waals surface area (Å²) in [5.41, 5.74) is 6.72. The molecule has 3 rings (SSSR count). The summed E-state index contributed by atoms with van der Waals surface area (Å²) in [6, 6.07) is 7.80. The van der Waals surface area contributed by atoms with Crippen molar-refractivity contribution in [2.24, 2.45) is 10.8 Å². The molecule has 1 aliphatic rings. The van der Waals surface area contributed by atoms with Crippen molar-refractivity contribution in [1.82, 2.24) is 5.01 Å². The van der Waals surface area contributed by atoms with Gasteiger partial charge in [0.1, 0.15) is 11.8 Å². The second-order valence-electron chi connectivity index (χ2n) is 3.94. The van der Waals surface area contributed by atoms with E-state index in [-0.39, 0.29) is 11.2 Å². The minimum atomic E-state index is -0.0328. The van der Waals surface area contributed by atoms with Crippen LogP contribution < -0.4 is 5.73 Å². The van der Waals surface area contributed by atoms with E-state index in [4.69, 9.17) is 22.4 Å². The Labute approximate surface area is 114 Å². The molecule has 2 aromatic rings. The van der Waals surface area contributed by atoms with Gasteiger partial charge in [-0.05, 0) is 35.8 Å². The molecule has 0 bridgehead atoms. The average Bonchev–Trinajstić information content (AvgIpc) is 3.10. The number of hydrogen-bond acceptors (Lipinski definition) is 4. The summed E-state index contributed by atoms with van der Waals surface area (Å²) in [7, 11) is 0. The lowest BCUT2D eigenvalue weighted by Gasteiger charge is -2.19. The largest absolute Gasteiger partial charge is 0.467 e. The Hall–Kier alpha value is -1.66. The third-order valence-electron chi connectivity index (χ3n) is 2.81. The predicted molar refractivity (Wildman–Crippen MR) is 75.5 cm³/mol. The van der Waals surface area contributed by atoms with E-state index in [1.807, 2.05) is 29.6 Å². The zero-order valence-electron chi connectivity index (χ0n) is 9.45. The van der Waals surface area contributed by atoms with Crippen LogP contribution in [0, 0.1) is 0 Å². The monoisotopic (exact) mass is 277 g/mol. The number of hydrogen-bond donors (Lipinski definition) is 1. The van der Waals surface area contributed by atoms with Crippen molar-refractivity contribution in [3.05, 3.63) is 46.5 Å². The summed E-state index contributed by atoms with van der Waals surface area (Å²) in [5, 5.41) is 8.46. The zero-order chi connectivity index (χ0) is 12.5. The van der Waals surface area contributed by atoms with E-state index < -0.39 is 0 Å². The summed E-state index contributed by atoms with van der Waals surface area (Å²) in [4.78, 5) is 1.14. The van der Waals surface area contributed by atoms with Crippen molar-refractivity contribution in [1.29, 1.82) is 0 Å². The van der Waals surface area contributed by atoms with Crippen molar-refractivity contribution in [3.8, 4) is 0 Å². The van der Waals surface area contributed by atoms with Gasteiger partial charge in [0.05, 0.1) is 16.9 Å². The molecule has 2 aromatic heterocycles. The van der Waals surface area contributed by atoms with Crippen molar-refractivity contribution >= 4 is 34.4 Å². The summed E-state index contributed by atoms with van der Waals surface area (Å²) in [5.74, 6) is 0.832. The second kappa shape index (κ2) is 4.55. The van der Waals surface area contributed by atoms with Crippen molar-refractivity contribution in [2.45, 2.75) is 12.5 Å². The first-order valence-electron chi connectivity index (χ1n) is 5.49. The van der Waals surface area contributed by atoms with E-state index in [0.717, 1.165) is 22.8 Å². The molecule has 0 unspecified atom stereocenters. The predicted octanol–water partition coefficient (Wildman–Crippen LogP) is 2.74. The molecule has 0 fully saturated rings. The molecule has 0 aromatic carbocycles. The van der Waals surface area contributed by atoms with Crippen LogP contribution in [-0.4, -0.2) is 15.8 Å². The molecule has 6 heteroatoms. The number of nitrogens with two attached hydrogens (primary N) is 1. The van der Waals surface area contributed by atoms with Crippen molar-refractivity contribution < 1.29 is 4.42 Å². The number of furan rings is 1. The Morgan fingerprint density at radius 3 is 3.00 bits per heavy atom. The third kappa shape index (κ3) is 1.93. The molecule has 0 amide bonds. The van der Waals surface area contributed by atoms with E-state index in [2.05, 4.69) is 5.10 Å². The van der Waals surface area contributed by atoms with Gasteiger partial charge in [0.15, 0.2) is 5.11 Å². The van der Waals surface area contributed by atoms with Crippen LogP contribution in [0.4, 0.5) is 0 Å². The molecule has 18 heavy (non-hydrogen) atoms. The van der Waals surface area contributed by atoms with Gasteiger partial charge in [-0.15, -0.1) is 11.3 Å². The van der Waals surface area contributed by atoms with Crippen LogP contribution in [0.3, 0.4) is 0 Å². The topological polar surface area (TPSA) is 54.8 Å². The van der Waals surface area contributed by atoms with Gasteiger partial charge in [-0.25, -0.2) is 5.01 Å². The molecule has 1 atom stereocenters. The van der Waals surface area contributed by atoms with Crippen LogP contribution in [0.15, 0.2) is 45.4 Å². The van der Waals surface area contributed by atoms with Gasteiger partial charge in [-0.2, -0.15) is 5.10 Å². The zero-order valence-corrected chi connectivity index (χ0v) is 11.1. The maximum Gasteiger partial charge on any atom is 0.187 e. The highest BCUT2D eigenvalue weighted by molar-refractivity contribution is 7.80. The summed E-state index contributed by atoms with van der Waals surface area (Å²) in [6.07, 6.45) is 2.40. The summed E-state index contributed by atoms with van der Waals surface area (Å²) >= 11 is 6.71. The highest BCUT2D eigenvalue weighted by Crippen LogP contribution is 2.33. The van der Waals surface area contributed by atoms with Gasteiger partial charge in [-0.3, -0.25) is 0 Å².